The van der Waals surface area contributed by atoms with E-state index in [1.165, 1.54) is 12.1 Å². The maximum atomic E-state index is 12.8. The molecule has 1 atom stereocenters. The van der Waals surface area contributed by atoms with Gasteiger partial charge in [-0.25, -0.2) is 4.39 Å². The van der Waals surface area contributed by atoms with Crippen LogP contribution in [0.5, 0.6) is 5.75 Å². The Morgan fingerprint density at radius 1 is 1.50 bits per heavy atom. The molecular weight excluding hydrogens is 229 g/mol. The molecule has 0 aliphatic carbocycles. The lowest BCUT2D eigenvalue weighted by atomic mass is 10.0. The fourth-order valence-electron chi connectivity index (χ4n) is 1.94. The van der Waals surface area contributed by atoms with E-state index in [1.807, 2.05) is 0 Å². The molecule has 0 bridgehead atoms. The summed E-state index contributed by atoms with van der Waals surface area (Å²) >= 11 is 5.89. The summed E-state index contributed by atoms with van der Waals surface area (Å²) in [7, 11) is 0. The predicted molar refractivity (Wildman–Crippen MR) is 62.5 cm³/mol. The molecule has 1 N–H and O–H groups in total. The quantitative estimate of drug-likeness (QED) is 0.862. The summed E-state index contributed by atoms with van der Waals surface area (Å²) in [6.45, 7) is 5.05. The molecule has 4 heteroatoms. The van der Waals surface area contributed by atoms with Gasteiger partial charge in [0.25, 0.3) is 0 Å². The minimum atomic E-state index is -0.345. The van der Waals surface area contributed by atoms with Gasteiger partial charge in [-0.05, 0) is 32.0 Å². The molecule has 1 fully saturated rings. The van der Waals surface area contributed by atoms with Crippen LogP contribution >= 0.6 is 11.6 Å². The summed E-state index contributed by atoms with van der Waals surface area (Å²) in [6.07, 6.45) is 1.01. The molecule has 0 saturated carbocycles. The number of halogens is 2. The van der Waals surface area contributed by atoms with E-state index in [1.54, 1.807) is 6.07 Å². The number of ether oxygens (including phenoxy) is 1. The van der Waals surface area contributed by atoms with Gasteiger partial charge in [0.1, 0.15) is 17.7 Å². The molecular formula is C12H15ClFNO. The SMILES string of the molecule is CC1(C)CC(Oc2ccc(F)cc2Cl)CN1. The van der Waals surface area contributed by atoms with Crippen molar-refractivity contribution in [2.45, 2.75) is 31.9 Å². The van der Waals surface area contributed by atoms with Crippen molar-refractivity contribution in [1.29, 1.82) is 0 Å². The highest BCUT2D eigenvalue weighted by Gasteiger charge is 2.31. The maximum Gasteiger partial charge on any atom is 0.138 e. The second-order valence-electron chi connectivity index (χ2n) is 4.78. The first-order chi connectivity index (χ1) is 7.46. The largest absolute Gasteiger partial charge is 0.487 e. The fourth-order valence-corrected chi connectivity index (χ4v) is 2.15. The first kappa shape index (κ1) is 11.7. The molecule has 2 rings (SSSR count). The highest BCUT2D eigenvalue weighted by atomic mass is 35.5. The third-order valence-electron chi connectivity index (χ3n) is 2.73. The number of hydrogen-bond donors (Lipinski definition) is 1. The Labute approximate surface area is 99.7 Å². The van der Waals surface area contributed by atoms with Gasteiger partial charge in [-0.1, -0.05) is 11.6 Å². The van der Waals surface area contributed by atoms with Crippen molar-refractivity contribution in [2.24, 2.45) is 0 Å². The lowest BCUT2D eigenvalue weighted by molar-refractivity contribution is 0.214. The van der Waals surface area contributed by atoms with Crippen LogP contribution in [0.4, 0.5) is 4.39 Å². The highest BCUT2D eigenvalue weighted by Crippen LogP contribution is 2.29. The van der Waals surface area contributed by atoms with Crippen molar-refractivity contribution in [2.75, 3.05) is 6.54 Å². The Hall–Kier alpha value is -0.800. The number of nitrogens with one attached hydrogen (secondary N) is 1. The number of hydrogen-bond acceptors (Lipinski definition) is 2. The van der Waals surface area contributed by atoms with Gasteiger partial charge in [0.05, 0.1) is 5.02 Å². The van der Waals surface area contributed by atoms with Gasteiger partial charge < -0.3 is 10.1 Å². The van der Waals surface area contributed by atoms with Crippen LogP contribution in [-0.2, 0) is 0 Å². The molecule has 2 nitrogen and oxygen atoms in total. The Morgan fingerprint density at radius 3 is 2.81 bits per heavy atom. The minimum Gasteiger partial charge on any atom is -0.487 e. The first-order valence-corrected chi connectivity index (χ1v) is 5.71. The second kappa shape index (κ2) is 4.22. The smallest absolute Gasteiger partial charge is 0.138 e. The van der Waals surface area contributed by atoms with E-state index in [4.69, 9.17) is 16.3 Å². The first-order valence-electron chi connectivity index (χ1n) is 5.33. The summed E-state index contributed by atoms with van der Waals surface area (Å²) < 4.78 is 18.6. The van der Waals surface area contributed by atoms with Crippen LogP contribution in [-0.4, -0.2) is 18.2 Å². The lowest BCUT2D eigenvalue weighted by Crippen LogP contribution is -2.31. The molecule has 0 radical (unpaired) electrons. The van der Waals surface area contributed by atoms with Crippen molar-refractivity contribution >= 4 is 11.6 Å². The van der Waals surface area contributed by atoms with Crippen LogP contribution in [0.2, 0.25) is 5.02 Å². The van der Waals surface area contributed by atoms with E-state index in [9.17, 15) is 4.39 Å². The topological polar surface area (TPSA) is 21.3 Å². The Kier molecular flexibility index (Phi) is 3.08. The van der Waals surface area contributed by atoms with E-state index < -0.39 is 0 Å². The summed E-state index contributed by atoms with van der Waals surface area (Å²) in [5, 5.41) is 3.68. The molecule has 1 saturated heterocycles. The fraction of sp³-hybridized carbons (Fsp3) is 0.500. The molecule has 1 aliphatic rings. The minimum absolute atomic E-state index is 0.0944. The molecule has 0 aromatic heterocycles. The molecule has 0 spiro atoms. The number of rotatable bonds is 2. The zero-order chi connectivity index (χ0) is 11.8. The summed E-state index contributed by atoms with van der Waals surface area (Å²) in [5.41, 5.74) is 0.0944. The van der Waals surface area contributed by atoms with Crippen molar-refractivity contribution in [1.82, 2.24) is 5.32 Å². The van der Waals surface area contributed by atoms with Gasteiger partial charge in [0.2, 0.25) is 0 Å². The van der Waals surface area contributed by atoms with Crippen LogP contribution in [0.1, 0.15) is 20.3 Å². The molecule has 1 aromatic carbocycles. The van der Waals surface area contributed by atoms with E-state index in [0.29, 0.717) is 10.8 Å². The molecule has 0 amide bonds. The van der Waals surface area contributed by atoms with Gasteiger partial charge in [-0.2, -0.15) is 0 Å². The standard InChI is InChI=1S/C12H15ClFNO/c1-12(2)6-9(7-15-12)16-11-4-3-8(14)5-10(11)13/h3-5,9,15H,6-7H2,1-2H3. The monoisotopic (exact) mass is 243 g/mol. The Bertz CT molecular complexity index is 395. The second-order valence-corrected chi connectivity index (χ2v) is 5.19. The molecule has 1 heterocycles. The Balaban J connectivity index is 2.05. The third kappa shape index (κ3) is 2.66. The average Bonchev–Trinajstić information content (AvgIpc) is 2.51. The van der Waals surface area contributed by atoms with Gasteiger partial charge in [-0.3, -0.25) is 0 Å². The third-order valence-corrected chi connectivity index (χ3v) is 3.03. The molecule has 1 aromatic rings. The van der Waals surface area contributed by atoms with Crippen molar-refractivity contribution in [3.63, 3.8) is 0 Å². The zero-order valence-electron chi connectivity index (χ0n) is 9.39. The van der Waals surface area contributed by atoms with Crippen LogP contribution in [0.25, 0.3) is 0 Å². The normalized spacial score (nSPS) is 23.4. The van der Waals surface area contributed by atoms with Gasteiger partial charge >= 0.3 is 0 Å². The van der Waals surface area contributed by atoms with Gasteiger partial charge in [0, 0.05) is 18.5 Å². The van der Waals surface area contributed by atoms with Crippen LogP contribution < -0.4 is 10.1 Å². The summed E-state index contributed by atoms with van der Waals surface area (Å²) in [4.78, 5) is 0. The predicted octanol–water partition coefficient (Wildman–Crippen LogP) is 3.00. The highest BCUT2D eigenvalue weighted by molar-refractivity contribution is 6.32. The lowest BCUT2D eigenvalue weighted by Gasteiger charge is -2.18. The van der Waals surface area contributed by atoms with Crippen LogP contribution in [0.15, 0.2) is 18.2 Å². The molecule has 1 aliphatic heterocycles. The van der Waals surface area contributed by atoms with Crippen LogP contribution in [0, 0.1) is 5.82 Å². The van der Waals surface area contributed by atoms with E-state index >= 15 is 0 Å². The zero-order valence-corrected chi connectivity index (χ0v) is 10.1. The van der Waals surface area contributed by atoms with Crippen molar-refractivity contribution in [3.8, 4) is 5.75 Å². The maximum absolute atomic E-state index is 12.8. The van der Waals surface area contributed by atoms with Gasteiger partial charge in [-0.15, -0.1) is 0 Å². The molecule has 1 unspecified atom stereocenters. The van der Waals surface area contributed by atoms with E-state index in [-0.39, 0.29) is 17.5 Å². The molecule has 88 valence electrons. The van der Waals surface area contributed by atoms with E-state index in [2.05, 4.69) is 19.2 Å². The van der Waals surface area contributed by atoms with E-state index in [0.717, 1.165) is 13.0 Å². The van der Waals surface area contributed by atoms with Crippen molar-refractivity contribution < 1.29 is 9.13 Å². The average molecular weight is 244 g/mol. The van der Waals surface area contributed by atoms with Gasteiger partial charge in [0.15, 0.2) is 0 Å². The van der Waals surface area contributed by atoms with Crippen LogP contribution in [0.3, 0.4) is 0 Å². The number of benzene rings is 1. The summed E-state index contributed by atoms with van der Waals surface area (Å²) in [5.74, 6) is 0.204. The van der Waals surface area contributed by atoms with Crippen molar-refractivity contribution in [3.05, 3.63) is 29.0 Å². The molecule has 16 heavy (non-hydrogen) atoms. The summed E-state index contributed by atoms with van der Waals surface area (Å²) in [6, 6.07) is 4.20. The Morgan fingerprint density at radius 2 is 2.25 bits per heavy atom.